The van der Waals surface area contributed by atoms with Gasteiger partial charge in [-0.1, -0.05) is 29.8 Å². The molecule has 0 saturated carbocycles. The van der Waals surface area contributed by atoms with E-state index in [4.69, 9.17) is 11.6 Å². The van der Waals surface area contributed by atoms with Crippen molar-refractivity contribution < 1.29 is 9.59 Å². The molecule has 0 atom stereocenters. The number of hydrogen-bond donors (Lipinski definition) is 1. The number of rotatable bonds is 5. The lowest BCUT2D eigenvalue weighted by Gasteiger charge is -2.15. The maximum absolute atomic E-state index is 12.4. The van der Waals surface area contributed by atoms with Crippen LogP contribution in [0.25, 0.3) is 0 Å². The van der Waals surface area contributed by atoms with Crippen molar-refractivity contribution in [2.75, 3.05) is 19.6 Å². The van der Waals surface area contributed by atoms with Crippen LogP contribution in [0, 0.1) is 0 Å². The minimum Gasteiger partial charge on any atom is -0.352 e. The Hall–Kier alpha value is -2.33. The van der Waals surface area contributed by atoms with E-state index in [0.717, 1.165) is 37.9 Å². The van der Waals surface area contributed by atoms with Crippen molar-refractivity contribution in [3.63, 3.8) is 0 Å². The topological polar surface area (TPSA) is 49.4 Å². The molecule has 0 radical (unpaired) electrons. The van der Waals surface area contributed by atoms with Crippen LogP contribution in [-0.2, 0) is 6.42 Å². The first-order valence-electron chi connectivity index (χ1n) is 8.55. The molecule has 2 aromatic rings. The van der Waals surface area contributed by atoms with Gasteiger partial charge in [0.1, 0.15) is 0 Å². The van der Waals surface area contributed by atoms with Crippen LogP contribution in [0.2, 0.25) is 5.02 Å². The molecule has 3 rings (SSSR count). The monoisotopic (exact) mass is 356 g/mol. The van der Waals surface area contributed by atoms with Gasteiger partial charge in [-0.15, -0.1) is 0 Å². The molecule has 1 heterocycles. The molecule has 2 amide bonds. The molecular weight excluding hydrogens is 336 g/mol. The van der Waals surface area contributed by atoms with Crippen molar-refractivity contribution in [1.82, 2.24) is 10.2 Å². The van der Waals surface area contributed by atoms with Crippen molar-refractivity contribution in [2.24, 2.45) is 0 Å². The highest BCUT2D eigenvalue weighted by Gasteiger charge is 2.20. The normalized spacial score (nSPS) is 13.7. The van der Waals surface area contributed by atoms with E-state index in [0.29, 0.717) is 22.7 Å². The molecular formula is C20H21ClN2O2. The summed E-state index contributed by atoms with van der Waals surface area (Å²) in [5.41, 5.74) is 2.20. The Morgan fingerprint density at radius 2 is 1.68 bits per heavy atom. The van der Waals surface area contributed by atoms with Crippen LogP contribution in [-0.4, -0.2) is 36.3 Å². The van der Waals surface area contributed by atoms with E-state index >= 15 is 0 Å². The fourth-order valence-corrected chi connectivity index (χ4v) is 3.10. The summed E-state index contributed by atoms with van der Waals surface area (Å²) in [6.45, 7) is 2.14. The van der Waals surface area contributed by atoms with E-state index in [-0.39, 0.29) is 11.8 Å². The maximum Gasteiger partial charge on any atom is 0.253 e. The summed E-state index contributed by atoms with van der Waals surface area (Å²) in [4.78, 5) is 26.6. The van der Waals surface area contributed by atoms with Crippen LogP contribution in [0.4, 0.5) is 0 Å². The van der Waals surface area contributed by atoms with Crippen LogP contribution in [0.5, 0.6) is 0 Å². The average Bonchev–Trinajstić information content (AvgIpc) is 3.17. The smallest absolute Gasteiger partial charge is 0.253 e. The first-order valence-corrected chi connectivity index (χ1v) is 8.93. The Morgan fingerprint density at radius 3 is 2.40 bits per heavy atom. The predicted molar refractivity (Wildman–Crippen MR) is 99.1 cm³/mol. The fraction of sp³-hybridized carbons (Fsp3) is 0.300. The van der Waals surface area contributed by atoms with Crippen molar-refractivity contribution in [2.45, 2.75) is 19.3 Å². The summed E-state index contributed by atoms with van der Waals surface area (Å²) in [5, 5.41) is 3.60. The van der Waals surface area contributed by atoms with E-state index in [2.05, 4.69) is 5.32 Å². The van der Waals surface area contributed by atoms with Gasteiger partial charge >= 0.3 is 0 Å². The van der Waals surface area contributed by atoms with Crippen LogP contribution in [0.1, 0.15) is 39.1 Å². The molecule has 1 aliphatic heterocycles. The zero-order valence-corrected chi connectivity index (χ0v) is 14.8. The zero-order chi connectivity index (χ0) is 17.6. The van der Waals surface area contributed by atoms with Gasteiger partial charge in [0.25, 0.3) is 11.8 Å². The third-order valence-electron chi connectivity index (χ3n) is 4.38. The molecule has 0 unspecified atom stereocenters. The molecule has 1 aliphatic rings. The van der Waals surface area contributed by atoms with Gasteiger partial charge in [-0.05, 0) is 55.2 Å². The van der Waals surface area contributed by atoms with Crippen molar-refractivity contribution in [3.05, 3.63) is 70.2 Å². The van der Waals surface area contributed by atoms with Crippen LogP contribution < -0.4 is 5.32 Å². The first-order chi connectivity index (χ1) is 12.1. The van der Waals surface area contributed by atoms with E-state index in [1.807, 2.05) is 29.2 Å². The number of carbonyl (C=O) groups is 2. The third-order valence-corrected chi connectivity index (χ3v) is 4.63. The lowest BCUT2D eigenvalue weighted by Crippen LogP contribution is -2.29. The van der Waals surface area contributed by atoms with E-state index in [9.17, 15) is 9.59 Å². The number of amides is 2. The lowest BCUT2D eigenvalue weighted by molar-refractivity contribution is 0.0793. The van der Waals surface area contributed by atoms with Gasteiger partial charge in [0, 0.05) is 35.8 Å². The predicted octanol–water partition coefficient (Wildman–Crippen LogP) is 3.55. The molecule has 1 saturated heterocycles. The number of hydrogen-bond acceptors (Lipinski definition) is 2. The van der Waals surface area contributed by atoms with Gasteiger partial charge < -0.3 is 10.2 Å². The third kappa shape index (κ3) is 4.60. The van der Waals surface area contributed by atoms with E-state index in [1.165, 1.54) is 0 Å². The van der Waals surface area contributed by atoms with Gasteiger partial charge in [-0.2, -0.15) is 0 Å². The number of nitrogens with one attached hydrogen (secondary N) is 1. The van der Waals surface area contributed by atoms with Gasteiger partial charge in [-0.3, -0.25) is 9.59 Å². The van der Waals surface area contributed by atoms with Crippen LogP contribution >= 0.6 is 11.6 Å². The number of carbonyl (C=O) groups excluding carboxylic acids is 2. The highest BCUT2D eigenvalue weighted by atomic mass is 35.5. The van der Waals surface area contributed by atoms with Gasteiger partial charge in [0.15, 0.2) is 0 Å². The van der Waals surface area contributed by atoms with Crippen molar-refractivity contribution in [3.8, 4) is 0 Å². The molecule has 25 heavy (non-hydrogen) atoms. The summed E-state index contributed by atoms with van der Waals surface area (Å²) in [7, 11) is 0. The minimum atomic E-state index is -0.162. The van der Waals surface area contributed by atoms with Gasteiger partial charge in [0.2, 0.25) is 0 Å². The second kappa shape index (κ2) is 8.17. The minimum absolute atomic E-state index is 0.00770. The van der Waals surface area contributed by atoms with Gasteiger partial charge in [0.05, 0.1) is 0 Å². The first kappa shape index (κ1) is 17.5. The van der Waals surface area contributed by atoms with E-state index in [1.54, 1.807) is 24.3 Å². The summed E-state index contributed by atoms with van der Waals surface area (Å²) < 4.78 is 0. The summed E-state index contributed by atoms with van der Waals surface area (Å²) in [5.74, 6) is -0.154. The zero-order valence-electron chi connectivity index (χ0n) is 14.0. The number of benzene rings is 2. The Labute approximate surface area is 152 Å². The molecule has 5 heteroatoms. The van der Waals surface area contributed by atoms with Crippen molar-refractivity contribution >= 4 is 23.4 Å². The number of nitrogens with zero attached hydrogens (tertiary/aromatic N) is 1. The Morgan fingerprint density at radius 1 is 1.00 bits per heavy atom. The number of likely N-dealkylation sites (tertiary alicyclic amines) is 1. The molecule has 0 aliphatic carbocycles. The SMILES string of the molecule is O=C(NCCc1ccc(Cl)cc1)c1cccc(C(=O)N2CCCC2)c1. The molecule has 4 nitrogen and oxygen atoms in total. The largest absolute Gasteiger partial charge is 0.352 e. The number of halogens is 1. The Kier molecular flexibility index (Phi) is 5.71. The standard InChI is InChI=1S/C20H21ClN2O2/c21-18-8-6-15(7-9-18)10-11-22-19(24)16-4-3-5-17(14-16)20(25)23-12-1-2-13-23/h3-9,14H,1-2,10-13H2,(H,22,24). The highest BCUT2D eigenvalue weighted by molar-refractivity contribution is 6.30. The Bertz CT molecular complexity index is 753. The molecule has 1 fully saturated rings. The average molecular weight is 357 g/mol. The quantitative estimate of drug-likeness (QED) is 0.890. The lowest BCUT2D eigenvalue weighted by atomic mass is 10.1. The summed E-state index contributed by atoms with van der Waals surface area (Å²) in [6.07, 6.45) is 2.84. The maximum atomic E-state index is 12.4. The molecule has 1 N–H and O–H groups in total. The molecule has 0 bridgehead atoms. The molecule has 0 spiro atoms. The highest BCUT2D eigenvalue weighted by Crippen LogP contribution is 2.14. The second-order valence-electron chi connectivity index (χ2n) is 6.21. The van der Waals surface area contributed by atoms with Gasteiger partial charge in [-0.25, -0.2) is 0 Å². The summed E-state index contributed by atoms with van der Waals surface area (Å²) in [6, 6.07) is 14.5. The second-order valence-corrected chi connectivity index (χ2v) is 6.65. The summed E-state index contributed by atoms with van der Waals surface area (Å²) >= 11 is 5.86. The molecule has 0 aromatic heterocycles. The van der Waals surface area contributed by atoms with Crippen LogP contribution in [0.15, 0.2) is 48.5 Å². The Balaban J connectivity index is 1.57. The fourth-order valence-electron chi connectivity index (χ4n) is 2.97. The van der Waals surface area contributed by atoms with Crippen molar-refractivity contribution in [1.29, 1.82) is 0 Å². The molecule has 130 valence electrons. The van der Waals surface area contributed by atoms with E-state index < -0.39 is 0 Å². The molecule has 2 aromatic carbocycles. The van der Waals surface area contributed by atoms with Crippen LogP contribution in [0.3, 0.4) is 0 Å².